The zero-order valence-electron chi connectivity index (χ0n) is 11.4. The van der Waals surface area contributed by atoms with Gasteiger partial charge in [-0.2, -0.15) is 0 Å². The molecule has 108 valence electrons. The number of aliphatic carboxylic acids is 1. The second-order valence-corrected chi connectivity index (χ2v) is 5.52. The van der Waals surface area contributed by atoms with E-state index in [-0.39, 0.29) is 18.7 Å². The molecule has 2 aliphatic rings. The van der Waals surface area contributed by atoms with Crippen LogP contribution in [0.2, 0.25) is 0 Å². The summed E-state index contributed by atoms with van der Waals surface area (Å²) in [4.78, 5) is 24.9. The molecule has 0 spiro atoms. The fourth-order valence-corrected chi connectivity index (χ4v) is 2.72. The molecule has 0 radical (unpaired) electrons. The Morgan fingerprint density at radius 1 is 1.37 bits per heavy atom. The van der Waals surface area contributed by atoms with Crippen molar-refractivity contribution < 1.29 is 19.4 Å². The lowest BCUT2D eigenvalue weighted by Crippen LogP contribution is -2.52. The van der Waals surface area contributed by atoms with Gasteiger partial charge in [-0.15, -0.1) is 0 Å². The van der Waals surface area contributed by atoms with Gasteiger partial charge in [0.05, 0.1) is 11.5 Å². The van der Waals surface area contributed by atoms with Crippen LogP contribution in [0.5, 0.6) is 0 Å². The van der Waals surface area contributed by atoms with Gasteiger partial charge in [0.15, 0.2) is 0 Å². The molecule has 0 unspecified atom stereocenters. The maximum atomic E-state index is 12.0. The molecule has 1 aliphatic carbocycles. The van der Waals surface area contributed by atoms with E-state index >= 15 is 0 Å². The summed E-state index contributed by atoms with van der Waals surface area (Å²) in [7, 11) is 1.69. The quantitative estimate of drug-likeness (QED) is 0.800. The third-order valence-corrected chi connectivity index (χ3v) is 4.40. The highest BCUT2D eigenvalue weighted by atomic mass is 16.5. The van der Waals surface area contributed by atoms with E-state index in [1.807, 2.05) is 0 Å². The van der Waals surface area contributed by atoms with Crippen molar-refractivity contribution in [1.82, 2.24) is 10.2 Å². The fraction of sp³-hybridized carbons (Fsp3) is 0.846. The zero-order chi connectivity index (χ0) is 13.9. The number of ether oxygens (including phenoxy) is 1. The highest BCUT2D eigenvalue weighted by Crippen LogP contribution is 2.40. The third kappa shape index (κ3) is 3.00. The normalized spacial score (nSPS) is 22.7. The van der Waals surface area contributed by atoms with Gasteiger partial charge in [0.1, 0.15) is 0 Å². The van der Waals surface area contributed by atoms with Crippen LogP contribution in [0.15, 0.2) is 0 Å². The number of carboxylic acids is 1. The van der Waals surface area contributed by atoms with Crippen molar-refractivity contribution in [2.24, 2.45) is 5.41 Å². The van der Waals surface area contributed by atoms with Crippen LogP contribution in [0.1, 0.15) is 32.1 Å². The summed E-state index contributed by atoms with van der Waals surface area (Å²) >= 11 is 0. The molecule has 6 nitrogen and oxygen atoms in total. The molecule has 2 fully saturated rings. The predicted octanol–water partition coefficient (Wildman–Crippen LogP) is 1.06. The summed E-state index contributed by atoms with van der Waals surface area (Å²) in [6, 6.07) is -0.151. The second-order valence-electron chi connectivity index (χ2n) is 5.52. The van der Waals surface area contributed by atoms with E-state index in [1.165, 1.54) is 0 Å². The van der Waals surface area contributed by atoms with Gasteiger partial charge in [0.2, 0.25) is 0 Å². The topological polar surface area (TPSA) is 78.9 Å². The van der Waals surface area contributed by atoms with Crippen LogP contribution >= 0.6 is 0 Å². The summed E-state index contributed by atoms with van der Waals surface area (Å²) in [5.41, 5.74) is -0.722. The molecule has 0 aromatic carbocycles. The number of carboxylic acid groups (broad SMARTS) is 1. The van der Waals surface area contributed by atoms with Gasteiger partial charge < -0.3 is 20.1 Å². The molecule has 0 aromatic heterocycles. The number of carbonyl (C=O) groups excluding carboxylic acids is 1. The Bertz CT molecular complexity index is 347. The Hall–Kier alpha value is -1.30. The monoisotopic (exact) mass is 270 g/mol. The largest absolute Gasteiger partial charge is 0.481 e. The average Bonchev–Trinajstić information content (AvgIpc) is 2.37. The van der Waals surface area contributed by atoms with E-state index in [0.29, 0.717) is 25.9 Å². The van der Waals surface area contributed by atoms with Crippen molar-refractivity contribution in [3.8, 4) is 0 Å². The molecular weight excluding hydrogens is 248 g/mol. The summed E-state index contributed by atoms with van der Waals surface area (Å²) in [6.07, 6.45) is 4.17. The van der Waals surface area contributed by atoms with Crippen LogP contribution in [-0.4, -0.2) is 54.9 Å². The lowest BCUT2D eigenvalue weighted by Gasteiger charge is -2.38. The van der Waals surface area contributed by atoms with Gasteiger partial charge in [-0.1, -0.05) is 6.42 Å². The molecule has 2 N–H and O–H groups in total. The van der Waals surface area contributed by atoms with Gasteiger partial charge in [0, 0.05) is 26.7 Å². The Morgan fingerprint density at radius 2 is 2.00 bits per heavy atom. The molecule has 19 heavy (non-hydrogen) atoms. The average molecular weight is 270 g/mol. The lowest BCUT2D eigenvalue weighted by molar-refractivity contribution is -0.153. The minimum Gasteiger partial charge on any atom is -0.481 e. The van der Waals surface area contributed by atoms with Gasteiger partial charge in [0.25, 0.3) is 0 Å². The lowest BCUT2D eigenvalue weighted by atomic mass is 9.69. The first-order chi connectivity index (χ1) is 9.07. The van der Waals surface area contributed by atoms with Gasteiger partial charge in [-0.3, -0.25) is 4.79 Å². The van der Waals surface area contributed by atoms with Gasteiger partial charge in [-0.05, 0) is 25.7 Å². The molecule has 6 heteroatoms. The summed E-state index contributed by atoms with van der Waals surface area (Å²) in [5.74, 6) is -0.794. The van der Waals surface area contributed by atoms with Crippen molar-refractivity contribution in [3.05, 3.63) is 0 Å². The molecular formula is C13H22N2O4. The summed E-state index contributed by atoms with van der Waals surface area (Å²) in [5, 5.41) is 12.0. The van der Waals surface area contributed by atoms with E-state index in [2.05, 4.69) is 5.32 Å². The van der Waals surface area contributed by atoms with E-state index in [1.54, 1.807) is 12.0 Å². The number of likely N-dealkylation sites (tertiary alicyclic amines) is 1. The number of carbonyl (C=O) groups is 2. The summed E-state index contributed by atoms with van der Waals surface area (Å²) < 4.78 is 5.26. The second kappa shape index (κ2) is 5.77. The van der Waals surface area contributed by atoms with Crippen molar-refractivity contribution >= 4 is 12.0 Å². The van der Waals surface area contributed by atoms with Crippen molar-refractivity contribution in [1.29, 1.82) is 0 Å². The highest BCUT2D eigenvalue weighted by Gasteiger charge is 2.44. The molecule has 1 heterocycles. The summed E-state index contributed by atoms with van der Waals surface area (Å²) in [6.45, 7) is 1.58. The van der Waals surface area contributed by atoms with Crippen LogP contribution in [-0.2, 0) is 9.53 Å². The third-order valence-electron chi connectivity index (χ3n) is 4.40. The molecule has 1 saturated heterocycles. The first-order valence-corrected chi connectivity index (χ1v) is 6.86. The molecule has 1 saturated carbocycles. The molecule has 2 amide bonds. The number of amides is 2. The Kier molecular flexibility index (Phi) is 4.29. The molecule has 0 atom stereocenters. The molecule has 0 bridgehead atoms. The number of rotatable bonds is 4. The van der Waals surface area contributed by atoms with Crippen LogP contribution in [0.3, 0.4) is 0 Å². The van der Waals surface area contributed by atoms with E-state index in [9.17, 15) is 14.7 Å². The van der Waals surface area contributed by atoms with Crippen LogP contribution < -0.4 is 5.32 Å². The smallest absolute Gasteiger partial charge is 0.317 e. The number of piperidine rings is 1. The minimum atomic E-state index is -0.794. The van der Waals surface area contributed by atoms with Gasteiger partial charge in [-0.25, -0.2) is 4.79 Å². The van der Waals surface area contributed by atoms with Crippen LogP contribution in [0.25, 0.3) is 0 Å². The Balaban J connectivity index is 1.77. The number of hydrogen-bond donors (Lipinski definition) is 2. The standard InChI is InChI=1S/C13H22N2O4/c1-19-10-3-7-15(8-4-10)12(18)14-9-13(11(16)17)5-2-6-13/h10H,2-9H2,1H3,(H,14,18)(H,16,17). The Morgan fingerprint density at radius 3 is 2.42 bits per heavy atom. The van der Waals surface area contributed by atoms with Crippen LogP contribution in [0.4, 0.5) is 4.79 Å². The SMILES string of the molecule is COC1CCN(C(=O)NCC2(C(=O)O)CCC2)CC1. The fourth-order valence-electron chi connectivity index (χ4n) is 2.72. The first kappa shape index (κ1) is 14.1. The van der Waals surface area contributed by atoms with Crippen molar-refractivity contribution in [2.45, 2.75) is 38.2 Å². The van der Waals surface area contributed by atoms with E-state index in [4.69, 9.17) is 4.74 Å². The van der Waals surface area contributed by atoms with Gasteiger partial charge >= 0.3 is 12.0 Å². The first-order valence-electron chi connectivity index (χ1n) is 6.86. The van der Waals surface area contributed by atoms with Crippen LogP contribution in [0, 0.1) is 5.41 Å². The number of nitrogens with zero attached hydrogens (tertiary/aromatic N) is 1. The maximum Gasteiger partial charge on any atom is 0.317 e. The van der Waals surface area contributed by atoms with E-state index < -0.39 is 11.4 Å². The van der Waals surface area contributed by atoms with Crippen molar-refractivity contribution in [2.75, 3.05) is 26.7 Å². The number of hydrogen-bond acceptors (Lipinski definition) is 3. The van der Waals surface area contributed by atoms with Crippen molar-refractivity contribution in [3.63, 3.8) is 0 Å². The predicted molar refractivity (Wildman–Crippen MR) is 68.9 cm³/mol. The molecule has 0 aromatic rings. The molecule has 1 aliphatic heterocycles. The zero-order valence-corrected chi connectivity index (χ0v) is 11.4. The number of methoxy groups -OCH3 is 1. The minimum absolute atomic E-state index is 0.151. The highest BCUT2D eigenvalue weighted by molar-refractivity contribution is 5.79. The maximum absolute atomic E-state index is 12.0. The Labute approximate surface area is 113 Å². The number of nitrogens with one attached hydrogen (secondary N) is 1. The van der Waals surface area contributed by atoms with E-state index in [0.717, 1.165) is 19.3 Å². The molecule has 2 rings (SSSR count). The number of urea groups is 1.